The van der Waals surface area contributed by atoms with E-state index in [1.165, 1.54) is 18.2 Å². The highest BCUT2D eigenvalue weighted by molar-refractivity contribution is 6.30. The van der Waals surface area contributed by atoms with Crippen molar-refractivity contribution in [3.8, 4) is 0 Å². The minimum atomic E-state index is -1.50. The highest BCUT2D eigenvalue weighted by Crippen LogP contribution is 2.58. The van der Waals surface area contributed by atoms with E-state index in [4.69, 9.17) is 11.6 Å². The maximum Gasteiger partial charge on any atom is 0.238 e. The van der Waals surface area contributed by atoms with Crippen LogP contribution in [0.3, 0.4) is 0 Å². The lowest BCUT2D eigenvalue weighted by atomic mass is 9.64. The van der Waals surface area contributed by atoms with Crippen LogP contribution in [0.2, 0.25) is 5.02 Å². The molecule has 202 valence electrons. The van der Waals surface area contributed by atoms with Crippen LogP contribution in [0.5, 0.6) is 0 Å². The average Bonchev–Trinajstić information content (AvgIpc) is 3.45. The Morgan fingerprint density at radius 2 is 1.66 bits per heavy atom. The first-order chi connectivity index (χ1) is 19.8. The molecule has 1 saturated heterocycles. The summed E-state index contributed by atoms with van der Waals surface area (Å²) >= 11 is 6.14. The Balaban J connectivity index is 1.55. The van der Waals surface area contributed by atoms with Crippen molar-refractivity contribution in [1.29, 1.82) is 0 Å². The Morgan fingerprint density at radius 3 is 2.44 bits per heavy atom. The van der Waals surface area contributed by atoms with Gasteiger partial charge in [-0.3, -0.25) is 14.4 Å². The maximum absolute atomic E-state index is 15.3. The van der Waals surface area contributed by atoms with Crippen LogP contribution in [0.4, 0.5) is 15.8 Å². The molecule has 4 aromatic carbocycles. The zero-order valence-corrected chi connectivity index (χ0v) is 22.7. The van der Waals surface area contributed by atoms with Crippen LogP contribution in [0.25, 0.3) is 6.08 Å². The summed E-state index contributed by atoms with van der Waals surface area (Å²) in [6, 6.07) is 23.5. The summed E-state index contributed by atoms with van der Waals surface area (Å²) in [4.78, 5) is 45.5. The summed E-state index contributed by atoms with van der Waals surface area (Å²) in [5, 5.41) is 3.44. The number of carbonyl (C=O) groups is 3. The van der Waals surface area contributed by atoms with E-state index >= 15 is 4.39 Å². The standard InChI is InChI=1S/C34H24ClFN2O3/c1-19-10-16-27-21(18-19)13-17-28-34(24-7-3-5-9-26(24)37-33(34)41)29(32(40)23-6-2-4-8-25(23)36)30(38(27)28)31(39)20-11-14-22(35)15-12-20/h2-18,28-30H,1H3,(H,37,41)/t28-,29-,30-,34-/m0/s1. The smallest absolute Gasteiger partial charge is 0.238 e. The van der Waals surface area contributed by atoms with Gasteiger partial charge in [-0.05, 0) is 72.6 Å². The highest BCUT2D eigenvalue weighted by Gasteiger charge is 2.70. The van der Waals surface area contributed by atoms with E-state index in [0.29, 0.717) is 21.8 Å². The van der Waals surface area contributed by atoms with Crippen molar-refractivity contribution in [3.05, 3.63) is 136 Å². The van der Waals surface area contributed by atoms with Crippen molar-refractivity contribution in [2.45, 2.75) is 24.4 Å². The van der Waals surface area contributed by atoms with Crippen LogP contribution in [0.15, 0.2) is 97.1 Å². The monoisotopic (exact) mass is 562 g/mol. The number of ketones is 2. The number of nitrogens with one attached hydrogen (secondary N) is 1. The van der Waals surface area contributed by atoms with Crippen molar-refractivity contribution in [2.75, 3.05) is 10.2 Å². The molecular formula is C34H24ClFN2O3. The fraction of sp³-hybridized carbons (Fsp3) is 0.147. The zero-order chi connectivity index (χ0) is 28.5. The number of Topliss-reactive ketones (excluding diaryl/α,β-unsaturated/α-hetero) is 2. The fourth-order valence-electron chi connectivity index (χ4n) is 6.91. The van der Waals surface area contributed by atoms with E-state index in [1.54, 1.807) is 36.4 Å². The Labute approximate surface area is 241 Å². The van der Waals surface area contributed by atoms with Crippen LogP contribution in [-0.2, 0) is 10.2 Å². The minimum Gasteiger partial charge on any atom is -0.352 e. The molecule has 7 heteroatoms. The maximum atomic E-state index is 15.3. The molecule has 0 unspecified atom stereocenters. The van der Waals surface area contributed by atoms with Gasteiger partial charge in [0.25, 0.3) is 0 Å². The summed E-state index contributed by atoms with van der Waals surface area (Å²) in [6.07, 6.45) is 3.85. The van der Waals surface area contributed by atoms with Gasteiger partial charge in [-0.15, -0.1) is 0 Å². The van der Waals surface area contributed by atoms with E-state index < -0.39 is 40.9 Å². The lowest BCUT2D eigenvalue weighted by Gasteiger charge is -2.37. The van der Waals surface area contributed by atoms with Gasteiger partial charge in [0.05, 0.1) is 17.5 Å². The largest absolute Gasteiger partial charge is 0.352 e. The number of rotatable bonds is 4. The molecule has 0 saturated carbocycles. The molecule has 0 aromatic heterocycles. The van der Waals surface area contributed by atoms with Crippen molar-refractivity contribution < 1.29 is 18.8 Å². The SMILES string of the molecule is Cc1ccc2c(c1)C=C[C@@H]1N2[C@H](C(=O)c2ccc(Cl)cc2)[C@@H](C(=O)c2ccccc2F)[C@@]12C(=O)Nc1ccccc12. The summed E-state index contributed by atoms with van der Waals surface area (Å²) < 4.78 is 15.3. The van der Waals surface area contributed by atoms with Gasteiger partial charge < -0.3 is 10.2 Å². The number of halogens is 2. The first-order valence-corrected chi connectivity index (χ1v) is 13.8. The number of hydrogen-bond donors (Lipinski definition) is 1. The third kappa shape index (κ3) is 3.57. The summed E-state index contributed by atoms with van der Waals surface area (Å²) in [6.45, 7) is 1.98. The molecule has 1 amide bonds. The quantitative estimate of drug-likeness (QED) is 0.283. The van der Waals surface area contributed by atoms with Gasteiger partial charge in [0.1, 0.15) is 17.3 Å². The number of carbonyl (C=O) groups excluding carboxylic acids is 3. The Kier molecular flexibility index (Phi) is 5.73. The third-order valence-corrected chi connectivity index (χ3v) is 8.86. The van der Waals surface area contributed by atoms with E-state index in [-0.39, 0.29) is 11.3 Å². The van der Waals surface area contributed by atoms with Crippen LogP contribution in [-0.4, -0.2) is 29.6 Å². The number of aryl methyl sites for hydroxylation is 1. The van der Waals surface area contributed by atoms with Gasteiger partial charge in [0.15, 0.2) is 11.6 Å². The molecule has 4 aromatic rings. The van der Waals surface area contributed by atoms with Gasteiger partial charge in [-0.1, -0.05) is 65.7 Å². The molecule has 0 radical (unpaired) electrons. The normalized spacial score (nSPS) is 23.6. The van der Waals surface area contributed by atoms with Gasteiger partial charge in [0, 0.05) is 22.0 Å². The van der Waals surface area contributed by atoms with Crippen LogP contribution < -0.4 is 10.2 Å². The van der Waals surface area contributed by atoms with Crippen LogP contribution in [0, 0.1) is 18.7 Å². The topological polar surface area (TPSA) is 66.5 Å². The molecule has 1 N–H and O–H groups in total. The van der Waals surface area contributed by atoms with Crippen LogP contribution in [0.1, 0.15) is 37.4 Å². The van der Waals surface area contributed by atoms with Crippen molar-refractivity contribution in [1.82, 2.24) is 0 Å². The minimum absolute atomic E-state index is 0.157. The van der Waals surface area contributed by atoms with E-state index in [0.717, 1.165) is 16.8 Å². The highest BCUT2D eigenvalue weighted by atomic mass is 35.5. The van der Waals surface area contributed by atoms with E-state index in [2.05, 4.69) is 5.32 Å². The Bertz CT molecular complexity index is 1800. The van der Waals surface area contributed by atoms with E-state index in [9.17, 15) is 14.4 Å². The van der Waals surface area contributed by atoms with Gasteiger partial charge >= 0.3 is 0 Å². The summed E-state index contributed by atoms with van der Waals surface area (Å²) in [7, 11) is 0. The number of benzene rings is 4. The molecule has 0 bridgehead atoms. The molecule has 5 nitrogen and oxygen atoms in total. The molecule has 1 spiro atoms. The lowest BCUT2D eigenvalue weighted by Crippen LogP contribution is -2.51. The molecule has 7 rings (SSSR count). The number of nitrogens with zero attached hydrogens (tertiary/aromatic N) is 1. The Morgan fingerprint density at radius 1 is 0.927 bits per heavy atom. The fourth-order valence-corrected chi connectivity index (χ4v) is 7.04. The average molecular weight is 563 g/mol. The molecule has 0 aliphatic carbocycles. The molecular weight excluding hydrogens is 539 g/mol. The lowest BCUT2D eigenvalue weighted by molar-refractivity contribution is -0.121. The molecule has 3 aliphatic heterocycles. The second-order valence-corrected chi connectivity index (χ2v) is 11.2. The molecule has 3 heterocycles. The number of hydrogen-bond acceptors (Lipinski definition) is 4. The number of para-hydroxylation sites is 1. The molecule has 41 heavy (non-hydrogen) atoms. The van der Waals surface area contributed by atoms with Crippen molar-refractivity contribution >= 4 is 46.5 Å². The second-order valence-electron chi connectivity index (χ2n) is 10.8. The van der Waals surface area contributed by atoms with Gasteiger partial charge in [-0.25, -0.2) is 4.39 Å². The third-order valence-electron chi connectivity index (χ3n) is 8.61. The van der Waals surface area contributed by atoms with E-state index in [1.807, 2.05) is 60.4 Å². The molecule has 4 atom stereocenters. The molecule has 3 aliphatic rings. The number of anilines is 2. The predicted molar refractivity (Wildman–Crippen MR) is 157 cm³/mol. The van der Waals surface area contributed by atoms with Crippen molar-refractivity contribution in [2.24, 2.45) is 5.92 Å². The second kappa shape index (κ2) is 9.25. The zero-order valence-electron chi connectivity index (χ0n) is 22.0. The van der Waals surface area contributed by atoms with Crippen LogP contribution >= 0.6 is 11.6 Å². The summed E-state index contributed by atoms with van der Waals surface area (Å²) in [5.74, 6) is -3.28. The first-order valence-electron chi connectivity index (χ1n) is 13.4. The number of fused-ring (bicyclic) bond motifs is 6. The molecule has 1 fully saturated rings. The summed E-state index contributed by atoms with van der Waals surface area (Å²) in [5.41, 5.74) is 2.51. The number of amides is 1. The van der Waals surface area contributed by atoms with Crippen molar-refractivity contribution in [3.63, 3.8) is 0 Å². The first kappa shape index (κ1) is 25.4. The van der Waals surface area contributed by atoms with Gasteiger partial charge in [0.2, 0.25) is 5.91 Å². The predicted octanol–water partition coefficient (Wildman–Crippen LogP) is 6.64. The van der Waals surface area contributed by atoms with Gasteiger partial charge in [-0.2, -0.15) is 0 Å². The Hall–Kier alpha value is -4.55.